The lowest BCUT2D eigenvalue weighted by Crippen LogP contribution is -2.62. The highest BCUT2D eigenvalue weighted by atomic mass is 19.1. The molecule has 1 N–H and O–H groups in total. The summed E-state index contributed by atoms with van der Waals surface area (Å²) in [7, 11) is 0. The molecule has 0 amide bonds. The van der Waals surface area contributed by atoms with Gasteiger partial charge in [0.1, 0.15) is 6.73 Å². The van der Waals surface area contributed by atoms with Crippen molar-refractivity contribution < 1.29 is 23.1 Å². The number of alkyl halides is 2. The van der Waals surface area contributed by atoms with Gasteiger partial charge in [0.25, 0.3) is 0 Å². The number of aliphatic imine (C=N–C) groups is 1. The van der Waals surface area contributed by atoms with E-state index in [0.29, 0.717) is 19.6 Å². The van der Waals surface area contributed by atoms with Crippen LogP contribution in [0.3, 0.4) is 0 Å². The number of halogens is 2. The number of fused-ring (bicyclic) bond motifs is 5. The summed E-state index contributed by atoms with van der Waals surface area (Å²) in [6.45, 7) is 10.1. The minimum Gasteiger partial charge on any atom is -0.355 e. The van der Waals surface area contributed by atoms with E-state index in [-0.39, 0.29) is 24.4 Å². The zero-order valence-corrected chi connectivity index (χ0v) is 19.0. The highest BCUT2D eigenvalue weighted by molar-refractivity contribution is 6.01. The first-order valence-electron chi connectivity index (χ1n) is 12.1. The van der Waals surface area contributed by atoms with Crippen LogP contribution in [0.4, 0.5) is 8.78 Å². The smallest absolute Gasteiger partial charge is 0.176 e. The van der Waals surface area contributed by atoms with E-state index in [0.717, 1.165) is 43.6 Å². The lowest BCUT2D eigenvalue weighted by molar-refractivity contribution is -0.165. The van der Waals surface area contributed by atoms with Crippen LogP contribution in [-0.2, 0) is 14.3 Å². The Balaban J connectivity index is 1.38. The van der Waals surface area contributed by atoms with Gasteiger partial charge < -0.3 is 10.1 Å². The number of Topliss-reactive ketones (excluding diaryl/α,β-unsaturated/α-hetero) is 2. The third-order valence-electron chi connectivity index (χ3n) is 9.58. The van der Waals surface area contributed by atoms with Crippen molar-refractivity contribution in [1.29, 1.82) is 0 Å². The first-order chi connectivity index (χ1) is 15.2. The van der Waals surface area contributed by atoms with E-state index in [1.54, 1.807) is 0 Å². The molecule has 7 heteroatoms. The quantitative estimate of drug-likeness (QED) is 0.670. The third-order valence-corrected chi connectivity index (χ3v) is 9.58. The third kappa shape index (κ3) is 3.10. The first kappa shape index (κ1) is 22.3. The minimum atomic E-state index is -1.92. The zero-order chi connectivity index (χ0) is 22.8. The fraction of sp³-hybridized carbons (Fsp3) is 0.800. The molecule has 5 aliphatic rings. The Hall–Kier alpha value is -1.47. The second-order valence-corrected chi connectivity index (χ2v) is 11.1. The summed E-state index contributed by atoms with van der Waals surface area (Å²) < 4.78 is 35.8. The lowest BCUT2D eigenvalue weighted by atomic mass is 9.43. The van der Waals surface area contributed by atoms with Crippen molar-refractivity contribution in [2.24, 2.45) is 39.5 Å². The number of nitrogens with one attached hydrogen (secondary N) is 1. The molecule has 0 bridgehead atoms. The summed E-state index contributed by atoms with van der Waals surface area (Å²) in [4.78, 5) is 30.6. The highest BCUT2D eigenvalue weighted by Crippen LogP contribution is 2.65. The Kier molecular flexibility index (Phi) is 5.44. The zero-order valence-electron chi connectivity index (χ0n) is 19.0. The summed E-state index contributed by atoms with van der Waals surface area (Å²) in [5.41, 5.74) is 0.136. The van der Waals surface area contributed by atoms with Crippen molar-refractivity contribution in [2.75, 3.05) is 19.8 Å². The van der Waals surface area contributed by atoms with Crippen molar-refractivity contribution in [3.63, 3.8) is 0 Å². The Morgan fingerprint density at radius 2 is 2.03 bits per heavy atom. The molecule has 5 nitrogen and oxygen atoms in total. The molecular weight excluding hydrogens is 414 g/mol. The van der Waals surface area contributed by atoms with Crippen molar-refractivity contribution in [2.45, 2.75) is 70.8 Å². The van der Waals surface area contributed by atoms with Crippen molar-refractivity contribution in [1.82, 2.24) is 5.32 Å². The van der Waals surface area contributed by atoms with Gasteiger partial charge in [-0.15, -0.1) is 0 Å². The molecule has 7 unspecified atom stereocenters. The van der Waals surface area contributed by atoms with Crippen LogP contribution in [0, 0.1) is 34.5 Å². The Bertz CT molecular complexity index is 869. The molecule has 1 aliphatic heterocycles. The van der Waals surface area contributed by atoms with Gasteiger partial charge in [0.05, 0.1) is 11.5 Å². The fourth-order valence-electron chi connectivity index (χ4n) is 7.73. The molecule has 32 heavy (non-hydrogen) atoms. The molecule has 0 radical (unpaired) electrons. The van der Waals surface area contributed by atoms with Crippen LogP contribution in [0.5, 0.6) is 0 Å². The topological polar surface area (TPSA) is 67.8 Å². The molecular formula is C25H34F2N2O3. The van der Waals surface area contributed by atoms with E-state index < -0.39 is 46.6 Å². The Morgan fingerprint density at radius 3 is 2.75 bits per heavy atom. The van der Waals surface area contributed by atoms with Gasteiger partial charge in [-0.25, -0.2) is 8.78 Å². The fourth-order valence-corrected chi connectivity index (χ4v) is 7.73. The molecule has 0 aromatic carbocycles. The number of allylic oxidation sites excluding steroid dienone is 1. The Morgan fingerprint density at radius 1 is 1.25 bits per heavy atom. The molecule has 4 saturated carbocycles. The van der Waals surface area contributed by atoms with Crippen molar-refractivity contribution in [3.05, 3.63) is 12.2 Å². The predicted octanol–water partition coefficient (Wildman–Crippen LogP) is 3.62. The number of nitrogens with zero attached hydrogens (tertiary/aromatic N) is 1. The summed E-state index contributed by atoms with van der Waals surface area (Å²) in [6, 6.07) is 0. The molecule has 5 rings (SSSR count). The molecule has 1 saturated heterocycles. The van der Waals surface area contributed by atoms with Gasteiger partial charge in [0.15, 0.2) is 23.9 Å². The van der Waals surface area contributed by atoms with E-state index >= 15 is 4.39 Å². The molecule has 5 fully saturated rings. The standard InChI is InChI=1S/C25H34F2N2O3/c1-13-8-16-18-10-19(26)23(31)25(18,3)22(27)21(30)20(16)24(2)6-4-14(9-17(13)24)29-12-32-15-5-7-28-11-15/h15-20,22,28H,1,4-12H2,2-3H3/t15?,16?,17?,18?,19?,20?,22?,24-,25+/m0/s1. The average Bonchev–Trinajstić information content (AvgIpc) is 3.35. The van der Waals surface area contributed by atoms with Crippen LogP contribution >= 0.6 is 0 Å². The van der Waals surface area contributed by atoms with Crippen molar-refractivity contribution >= 4 is 17.3 Å². The second kappa shape index (κ2) is 7.79. The normalized spacial score (nSPS) is 49.8. The number of hydrogen-bond acceptors (Lipinski definition) is 5. The van der Waals surface area contributed by atoms with Crippen LogP contribution in [-0.4, -0.2) is 55.5 Å². The number of hydrogen-bond donors (Lipinski definition) is 1. The Labute approximate surface area is 188 Å². The van der Waals surface area contributed by atoms with Crippen LogP contribution in [0.1, 0.15) is 52.4 Å². The van der Waals surface area contributed by atoms with Crippen LogP contribution in [0.25, 0.3) is 0 Å². The number of carbonyl (C=O) groups excluding carboxylic acids is 2. The van der Waals surface area contributed by atoms with Gasteiger partial charge in [-0.1, -0.05) is 19.1 Å². The molecule has 4 aliphatic carbocycles. The number of carbonyl (C=O) groups is 2. The SMILES string of the molecule is C=C1CC2C(C(=O)C(F)[C@]3(C)C(=O)C(F)CC23)[C@@]2(C)CCC(=NCOC3CCNC3)CC12. The monoisotopic (exact) mass is 448 g/mol. The maximum Gasteiger partial charge on any atom is 0.176 e. The van der Waals surface area contributed by atoms with Gasteiger partial charge >= 0.3 is 0 Å². The van der Waals surface area contributed by atoms with Gasteiger partial charge in [-0.2, -0.15) is 0 Å². The van der Waals surface area contributed by atoms with Crippen molar-refractivity contribution in [3.8, 4) is 0 Å². The number of ether oxygens (including phenoxy) is 1. The molecule has 0 aromatic rings. The van der Waals surface area contributed by atoms with E-state index in [9.17, 15) is 14.0 Å². The predicted molar refractivity (Wildman–Crippen MR) is 117 cm³/mol. The maximum atomic E-state index is 15.5. The van der Waals surface area contributed by atoms with E-state index in [1.807, 2.05) is 0 Å². The van der Waals surface area contributed by atoms with E-state index in [1.165, 1.54) is 6.92 Å². The van der Waals surface area contributed by atoms with E-state index in [4.69, 9.17) is 9.73 Å². The minimum absolute atomic E-state index is 0.0261. The average molecular weight is 449 g/mol. The van der Waals surface area contributed by atoms with Crippen LogP contribution in [0.2, 0.25) is 0 Å². The second-order valence-electron chi connectivity index (χ2n) is 11.1. The van der Waals surface area contributed by atoms with E-state index in [2.05, 4.69) is 18.8 Å². The summed E-state index contributed by atoms with van der Waals surface area (Å²) >= 11 is 0. The highest BCUT2D eigenvalue weighted by Gasteiger charge is 2.70. The largest absolute Gasteiger partial charge is 0.355 e. The lowest BCUT2D eigenvalue weighted by Gasteiger charge is -2.59. The molecule has 0 spiro atoms. The summed E-state index contributed by atoms with van der Waals surface area (Å²) in [5, 5.41) is 3.27. The van der Waals surface area contributed by atoms with Gasteiger partial charge in [0, 0.05) is 18.2 Å². The maximum absolute atomic E-state index is 15.5. The molecule has 9 atom stereocenters. The van der Waals surface area contributed by atoms with Crippen LogP contribution in [0.15, 0.2) is 17.1 Å². The van der Waals surface area contributed by atoms with Gasteiger partial charge in [0.2, 0.25) is 0 Å². The summed E-state index contributed by atoms with van der Waals surface area (Å²) in [5.74, 6) is -2.33. The molecule has 0 aromatic heterocycles. The molecule has 176 valence electrons. The summed E-state index contributed by atoms with van der Waals surface area (Å²) in [6.07, 6.45) is 0.371. The van der Waals surface area contributed by atoms with Gasteiger partial charge in [-0.3, -0.25) is 14.6 Å². The van der Waals surface area contributed by atoms with Crippen LogP contribution < -0.4 is 5.32 Å². The molecule has 1 heterocycles. The number of ketones is 2. The number of rotatable bonds is 3. The first-order valence-corrected chi connectivity index (χ1v) is 12.1. The van der Waals surface area contributed by atoms with Gasteiger partial charge in [-0.05, 0) is 75.2 Å².